The number of ether oxygens (including phenoxy) is 1. The lowest BCUT2D eigenvalue weighted by atomic mass is 9.80. The molecule has 1 saturated heterocycles. The van der Waals surface area contributed by atoms with Gasteiger partial charge in [0.1, 0.15) is 30.0 Å². The van der Waals surface area contributed by atoms with Crippen LogP contribution in [-0.2, 0) is 19.2 Å². The van der Waals surface area contributed by atoms with Crippen molar-refractivity contribution in [2.75, 3.05) is 18.5 Å². The Morgan fingerprint density at radius 3 is 2.53 bits per heavy atom. The Kier molecular flexibility index (Phi) is 9.68. The van der Waals surface area contributed by atoms with E-state index in [1.54, 1.807) is 30.0 Å². The van der Waals surface area contributed by atoms with E-state index in [1.165, 1.54) is 0 Å². The summed E-state index contributed by atoms with van der Waals surface area (Å²) in [5.41, 5.74) is 5.80. The van der Waals surface area contributed by atoms with Crippen LogP contribution in [0.2, 0.25) is 0 Å². The monoisotopic (exact) mass is 593 g/mol. The van der Waals surface area contributed by atoms with Crippen LogP contribution < -0.4 is 21.1 Å². The molecule has 1 unspecified atom stereocenters. The van der Waals surface area contributed by atoms with E-state index in [-0.39, 0.29) is 36.3 Å². The van der Waals surface area contributed by atoms with Gasteiger partial charge in [-0.25, -0.2) is 0 Å². The number of nitrogens with two attached hydrogens (primary N) is 1. The van der Waals surface area contributed by atoms with E-state index in [1.807, 2.05) is 34.6 Å². The van der Waals surface area contributed by atoms with Crippen molar-refractivity contribution in [2.45, 2.75) is 85.4 Å². The number of hydrogen-bond acceptors (Lipinski definition) is 8. The highest BCUT2D eigenvalue weighted by Crippen LogP contribution is 2.35. The molecule has 1 aromatic carbocycles. The predicted molar refractivity (Wildman–Crippen MR) is 162 cm³/mol. The quantitative estimate of drug-likeness (QED) is 0.265. The number of carbonyl (C=O) groups excluding carboxylic acids is 4. The van der Waals surface area contributed by atoms with Crippen molar-refractivity contribution in [1.82, 2.24) is 15.2 Å². The molecular formula is C32H43N5O6. The molecule has 1 aliphatic heterocycles. The molecule has 1 saturated carbocycles. The molecule has 4 rings (SSSR count). The van der Waals surface area contributed by atoms with Gasteiger partial charge in [0.2, 0.25) is 17.6 Å². The Bertz CT molecular complexity index is 1430. The Balaban J connectivity index is 1.55. The normalized spacial score (nSPS) is 21.7. The minimum absolute atomic E-state index is 0.0254. The Hall–Kier alpha value is -4.07. The van der Waals surface area contributed by atoms with E-state index in [9.17, 15) is 19.2 Å². The predicted octanol–water partition coefficient (Wildman–Crippen LogP) is 3.27. The lowest BCUT2D eigenvalue weighted by molar-refractivity contribution is -0.143. The molecule has 3 amide bonds. The van der Waals surface area contributed by atoms with Gasteiger partial charge in [0.05, 0.1) is 6.04 Å². The van der Waals surface area contributed by atoms with Crippen LogP contribution in [0.4, 0.5) is 6.01 Å². The topological polar surface area (TPSA) is 157 Å². The van der Waals surface area contributed by atoms with E-state index in [0.29, 0.717) is 29.8 Å². The number of Topliss-reactive ketones (excluding diaryl/α,β-unsaturated/α-hetero) is 1. The summed E-state index contributed by atoms with van der Waals surface area (Å²) in [7, 11) is 0. The number of rotatable bonds is 11. The average Bonchev–Trinajstić information content (AvgIpc) is 3.46. The van der Waals surface area contributed by atoms with Crippen LogP contribution in [0.5, 0.6) is 5.75 Å². The fourth-order valence-electron chi connectivity index (χ4n) is 5.70. The van der Waals surface area contributed by atoms with E-state index < -0.39 is 41.1 Å². The summed E-state index contributed by atoms with van der Waals surface area (Å²) in [5.74, 6) is 3.69. The van der Waals surface area contributed by atoms with Gasteiger partial charge in [-0.2, -0.15) is 4.98 Å². The third-order valence-corrected chi connectivity index (χ3v) is 8.66. The zero-order chi connectivity index (χ0) is 31.5. The van der Waals surface area contributed by atoms with Gasteiger partial charge in [-0.05, 0) is 48.6 Å². The molecule has 2 fully saturated rings. The first-order valence-corrected chi connectivity index (χ1v) is 14.9. The highest BCUT2D eigenvalue weighted by atomic mass is 16.5. The molecule has 232 valence electrons. The SMILES string of the molecule is CC#CCOc1ccc2oc(N[C@H](C(=O)N3C[C@H](C)[C@H](C)[C@H]3C(=O)NC(CC3CCC3)C(=O)C(N)=O)C(C)(C)C)nc2c1. The number of fused-ring (bicyclic) bond motifs is 1. The van der Waals surface area contributed by atoms with Crippen LogP contribution in [0, 0.1) is 35.0 Å². The van der Waals surface area contributed by atoms with E-state index >= 15 is 0 Å². The maximum atomic E-state index is 14.2. The first kappa shape index (κ1) is 31.9. The molecule has 0 radical (unpaired) electrons. The number of benzene rings is 1. The second-order valence-corrected chi connectivity index (χ2v) is 12.9. The van der Waals surface area contributed by atoms with Crippen molar-refractivity contribution >= 4 is 40.6 Å². The number of hydrogen-bond donors (Lipinski definition) is 3. The molecule has 2 heterocycles. The first-order chi connectivity index (χ1) is 20.3. The molecule has 2 aromatic rings. The second-order valence-electron chi connectivity index (χ2n) is 12.9. The van der Waals surface area contributed by atoms with Gasteiger partial charge in [0.15, 0.2) is 5.58 Å². The van der Waals surface area contributed by atoms with Crippen molar-refractivity contribution in [3.8, 4) is 17.6 Å². The van der Waals surface area contributed by atoms with Crippen LogP contribution in [0.25, 0.3) is 11.1 Å². The molecular weight excluding hydrogens is 550 g/mol. The number of aromatic nitrogens is 1. The average molecular weight is 594 g/mol. The maximum absolute atomic E-state index is 14.2. The molecule has 2 aliphatic rings. The third kappa shape index (κ3) is 7.29. The van der Waals surface area contributed by atoms with Gasteiger partial charge in [-0.1, -0.05) is 59.8 Å². The molecule has 43 heavy (non-hydrogen) atoms. The summed E-state index contributed by atoms with van der Waals surface area (Å²) in [6.07, 6.45) is 3.30. The van der Waals surface area contributed by atoms with Gasteiger partial charge in [-0.3, -0.25) is 19.2 Å². The lowest BCUT2D eigenvalue weighted by Crippen LogP contribution is -2.58. The number of likely N-dealkylation sites (tertiary alicyclic amines) is 1. The van der Waals surface area contributed by atoms with Gasteiger partial charge in [0, 0.05) is 12.6 Å². The molecule has 1 aliphatic carbocycles. The number of oxazole rings is 1. The number of nitrogens with zero attached hydrogens (tertiary/aromatic N) is 2. The largest absolute Gasteiger partial charge is 0.481 e. The number of carbonyl (C=O) groups is 4. The van der Waals surface area contributed by atoms with Crippen LogP contribution in [-0.4, -0.2) is 64.7 Å². The van der Waals surface area contributed by atoms with Crippen molar-refractivity contribution < 1.29 is 28.3 Å². The van der Waals surface area contributed by atoms with Crippen molar-refractivity contribution in [3.63, 3.8) is 0 Å². The second kappa shape index (κ2) is 13.1. The van der Waals surface area contributed by atoms with E-state index in [2.05, 4.69) is 27.5 Å². The molecule has 0 spiro atoms. The van der Waals surface area contributed by atoms with Crippen molar-refractivity contribution in [3.05, 3.63) is 18.2 Å². The van der Waals surface area contributed by atoms with Gasteiger partial charge < -0.3 is 30.4 Å². The summed E-state index contributed by atoms with van der Waals surface area (Å²) < 4.78 is 11.5. The molecule has 5 atom stereocenters. The summed E-state index contributed by atoms with van der Waals surface area (Å²) in [6.45, 7) is 12.0. The summed E-state index contributed by atoms with van der Waals surface area (Å²) in [4.78, 5) is 58.4. The Labute approximate surface area is 252 Å². The highest BCUT2D eigenvalue weighted by Gasteiger charge is 2.48. The molecule has 0 bridgehead atoms. The summed E-state index contributed by atoms with van der Waals surface area (Å²) in [6, 6.07) is 2.80. The van der Waals surface area contributed by atoms with Crippen molar-refractivity contribution in [1.29, 1.82) is 0 Å². The van der Waals surface area contributed by atoms with Gasteiger partial charge in [-0.15, -0.1) is 5.92 Å². The zero-order valence-corrected chi connectivity index (χ0v) is 25.9. The smallest absolute Gasteiger partial charge is 0.296 e. The van der Waals surface area contributed by atoms with Crippen LogP contribution in [0.3, 0.4) is 0 Å². The van der Waals surface area contributed by atoms with E-state index in [0.717, 1.165) is 19.3 Å². The zero-order valence-electron chi connectivity index (χ0n) is 25.9. The van der Waals surface area contributed by atoms with Crippen LogP contribution >= 0.6 is 0 Å². The van der Waals surface area contributed by atoms with Crippen molar-refractivity contribution in [2.24, 2.45) is 28.9 Å². The van der Waals surface area contributed by atoms with Crippen LogP contribution in [0.1, 0.15) is 67.2 Å². The fourth-order valence-corrected chi connectivity index (χ4v) is 5.70. The maximum Gasteiger partial charge on any atom is 0.296 e. The van der Waals surface area contributed by atoms with Gasteiger partial charge >= 0.3 is 0 Å². The number of ketones is 1. The lowest BCUT2D eigenvalue weighted by Gasteiger charge is -2.36. The Morgan fingerprint density at radius 2 is 1.93 bits per heavy atom. The summed E-state index contributed by atoms with van der Waals surface area (Å²) in [5, 5.41) is 5.97. The number of anilines is 1. The minimum Gasteiger partial charge on any atom is -0.481 e. The van der Waals surface area contributed by atoms with Crippen LogP contribution in [0.15, 0.2) is 22.6 Å². The standard InChI is InChI=1S/C32H43N5O6/c1-7-8-14-42-21-12-13-24-22(16-21)35-31(43-24)36-27(32(4,5)6)30(41)37-17-18(2)19(3)25(37)29(40)34-23(26(38)28(33)39)15-20-10-9-11-20/h12-13,16,18-20,23,25,27H,9-11,14-15,17H2,1-6H3,(H2,33,39)(H,34,40)(H,35,36)/t18-,19-,23?,25-,27+/m0/s1. The fraction of sp³-hybridized carbons (Fsp3) is 0.594. The number of primary amides is 1. The molecule has 1 aromatic heterocycles. The van der Waals surface area contributed by atoms with Gasteiger partial charge in [0.25, 0.3) is 11.9 Å². The number of nitrogens with one attached hydrogen (secondary N) is 2. The number of amides is 3. The molecule has 11 heteroatoms. The third-order valence-electron chi connectivity index (χ3n) is 8.66. The Morgan fingerprint density at radius 1 is 1.21 bits per heavy atom. The summed E-state index contributed by atoms with van der Waals surface area (Å²) >= 11 is 0. The minimum atomic E-state index is -1.07. The highest BCUT2D eigenvalue weighted by molar-refractivity contribution is 6.37. The molecule has 11 nitrogen and oxygen atoms in total. The first-order valence-electron chi connectivity index (χ1n) is 14.9. The van der Waals surface area contributed by atoms with E-state index in [4.69, 9.17) is 14.9 Å². The molecule has 4 N–H and O–H groups in total.